The first-order valence-corrected chi connectivity index (χ1v) is 13.6. The number of rotatable bonds is 9. The van der Waals surface area contributed by atoms with Crippen LogP contribution in [0.4, 0.5) is 5.69 Å². The number of hydrogen-bond donors (Lipinski definition) is 1. The molecule has 0 fully saturated rings. The van der Waals surface area contributed by atoms with Crippen LogP contribution in [0.3, 0.4) is 0 Å². The molecule has 0 aliphatic heterocycles. The van der Waals surface area contributed by atoms with Gasteiger partial charge in [0.25, 0.3) is 5.91 Å². The first-order chi connectivity index (χ1) is 17.7. The molecule has 0 aromatic heterocycles. The topological polar surface area (TPSA) is 88.1 Å². The maximum atomic E-state index is 12.4. The molecule has 0 radical (unpaired) electrons. The van der Waals surface area contributed by atoms with Gasteiger partial charge in [0.05, 0.1) is 18.2 Å². The Kier molecular flexibility index (Phi) is 7.89. The lowest BCUT2D eigenvalue weighted by Crippen LogP contribution is -2.39. The van der Waals surface area contributed by atoms with E-state index in [-0.39, 0.29) is 6.54 Å². The first kappa shape index (κ1) is 25.9. The van der Waals surface area contributed by atoms with Crippen molar-refractivity contribution >= 4 is 38.6 Å². The van der Waals surface area contributed by atoms with E-state index in [0.29, 0.717) is 18.0 Å². The Labute approximate surface area is 217 Å². The lowest BCUT2D eigenvalue weighted by atomic mass is 10.1. The highest BCUT2D eigenvalue weighted by molar-refractivity contribution is 7.92. The molecule has 0 spiro atoms. The van der Waals surface area contributed by atoms with E-state index in [1.165, 1.54) is 17.0 Å². The van der Waals surface area contributed by atoms with Crippen molar-refractivity contribution in [3.05, 3.63) is 107 Å². The molecule has 4 aromatic rings. The Morgan fingerprint density at radius 3 is 2.27 bits per heavy atom. The average Bonchev–Trinajstić information content (AvgIpc) is 2.85. The van der Waals surface area contributed by atoms with E-state index in [0.717, 1.165) is 32.8 Å². The summed E-state index contributed by atoms with van der Waals surface area (Å²) >= 11 is 0. The van der Waals surface area contributed by atoms with Crippen molar-refractivity contribution in [3.8, 4) is 5.75 Å². The van der Waals surface area contributed by atoms with E-state index in [9.17, 15) is 13.2 Å². The maximum Gasteiger partial charge on any atom is 0.260 e. The minimum atomic E-state index is -3.66. The van der Waals surface area contributed by atoms with Gasteiger partial charge in [0.1, 0.15) is 18.9 Å². The largest absolute Gasteiger partial charge is 0.489 e. The Balaban J connectivity index is 1.32. The molecule has 0 saturated carbocycles. The van der Waals surface area contributed by atoms with Crippen LogP contribution in [0.2, 0.25) is 0 Å². The Hall–Kier alpha value is -4.17. The van der Waals surface area contributed by atoms with Crippen LogP contribution < -0.4 is 14.5 Å². The molecule has 0 saturated heterocycles. The summed E-state index contributed by atoms with van der Waals surface area (Å²) in [7, 11) is -3.66. The zero-order valence-corrected chi connectivity index (χ0v) is 21.8. The molecule has 7 nitrogen and oxygen atoms in total. The van der Waals surface area contributed by atoms with Gasteiger partial charge in [-0.05, 0) is 89.3 Å². The maximum absolute atomic E-state index is 12.4. The SMILES string of the molecule is Cc1cc(C)cc(N(CC(=O)N/N=C\c2ccc(OCc3ccc4ccccc4c3)cc2)S(C)(=O)=O)c1. The van der Waals surface area contributed by atoms with Crippen molar-refractivity contribution in [2.24, 2.45) is 5.10 Å². The Morgan fingerprint density at radius 2 is 1.59 bits per heavy atom. The van der Waals surface area contributed by atoms with E-state index in [1.54, 1.807) is 12.1 Å². The summed E-state index contributed by atoms with van der Waals surface area (Å²) < 4.78 is 31.6. The van der Waals surface area contributed by atoms with Gasteiger partial charge in [-0.15, -0.1) is 0 Å². The minimum absolute atomic E-state index is 0.374. The number of anilines is 1. The summed E-state index contributed by atoms with van der Waals surface area (Å²) in [5.41, 5.74) is 6.50. The third kappa shape index (κ3) is 7.17. The van der Waals surface area contributed by atoms with Gasteiger partial charge in [-0.25, -0.2) is 13.8 Å². The van der Waals surface area contributed by atoms with Gasteiger partial charge in [0, 0.05) is 0 Å². The van der Waals surface area contributed by atoms with Crippen LogP contribution in [0.1, 0.15) is 22.3 Å². The second-order valence-electron chi connectivity index (χ2n) is 8.95. The first-order valence-electron chi connectivity index (χ1n) is 11.8. The van der Waals surface area contributed by atoms with E-state index in [4.69, 9.17) is 4.74 Å². The highest BCUT2D eigenvalue weighted by Crippen LogP contribution is 2.21. The van der Waals surface area contributed by atoms with E-state index in [1.807, 2.05) is 56.3 Å². The van der Waals surface area contributed by atoms with Crippen LogP contribution in [0.25, 0.3) is 10.8 Å². The highest BCUT2D eigenvalue weighted by atomic mass is 32.2. The van der Waals surface area contributed by atoms with Crippen molar-refractivity contribution in [2.75, 3.05) is 17.1 Å². The van der Waals surface area contributed by atoms with E-state index < -0.39 is 15.9 Å². The van der Waals surface area contributed by atoms with Crippen molar-refractivity contribution in [3.63, 3.8) is 0 Å². The summed E-state index contributed by atoms with van der Waals surface area (Å²) in [5.74, 6) is 0.169. The molecule has 0 atom stereocenters. The number of sulfonamides is 1. The Morgan fingerprint density at radius 1 is 0.919 bits per heavy atom. The number of aryl methyl sites for hydroxylation is 2. The second-order valence-corrected chi connectivity index (χ2v) is 10.9. The van der Waals surface area contributed by atoms with Crippen molar-refractivity contribution in [2.45, 2.75) is 20.5 Å². The van der Waals surface area contributed by atoms with E-state index >= 15 is 0 Å². The van der Waals surface area contributed by atoms with Crippen molar-refractivity contribution in [1.29, 1.82) is 0 Å². The number of ether oxygens (including phenoxy) is 1. The molecule has 190 valence electrons. The Bertz CT molecular complexity index is 1530. The van der Waals surface area contributed by atoms with Crippen LogP contribution in [-0.4, -0.2) is 33.3 Å². The number of carbonyl (C=O) groups is 1. The number of hydrogen-bond acceptors (Lipinski definition) is 5. The number of carbonyl (C=O) groups excluding carboxylic acids is 1. The number of amides is 1. The fraction of sp³-hybridized carbons (Fsp3) is 0.172. The van der Waals surface area contributed by atoms with Gasteiger partial charge in [0.15, 0.2) is 0 Å². The molecule has 0 aliphatic rings. The van der Waals surface area contributed by atoms with Crippen LogP contribution in [0.5, 0.6) is 5.75 Å². The van der Waals surface area contributed by atoms with Crippen LogP contribution >= 0.6 is 0 Å². The molecule has 0 unspecified atom stereocenters. The molecule has 0 heterocycles. The van der Waals surface area contributed by atoms with Gasteiger partial charge in [0.2, 0.25) is 10.0 Å². The van der Waals surface area contributed by atoms with Gasteiger partial charge in [-0.1, -0.05) is 42.5 Å². The second kappa shape index (κ2) is 11.3. The number of nitrogens with one attached hydrogen (secondary N) is 1. The molecule has 4 rings (SSSR count). The van der Waals surface area contributed by atoms with Crippen LogP contribution in [0, 0.1) is 13.8 Å². The van der Waals surface area contributed by atoms with Gasteiger partial charge < -0.3 is 4.74 Å². The predicted molar refractivity (Wildman–Crippen MR) is 149 cm³/mol. The van der Waals surface area contributed by atoms with Gasteiger partial charge in [-0.3, -0.25) is 9.10 Å². The average molecular weight is 516 g/mol. The monoisotopic (exact) mass is 515 g/mol. The molecule has 4 aromatic carbocycles. The molecule has 0 aliphatic carbocycles. The number of fused-ring (bicyclic) bond motifs is 1. The van der Waals surface area contributed by atoms with Crippen molar-refractivity contribution in [1.82, 2.24) is 5.43 Å². The fourth-order valence-corrected chi connectivity index (χ4v) is 4.82. The third-order valence-electron chi connectivity index (χ3n) is 5.68. The zero-order chi connectivity index (χ0) is 26.4. The normalized spacial score (nSPS) is 11.5. The fourth-order valence-electron chi connectivity index (χ4n) is 3.98. The summed E-state index contributed by atoms with van der Waals surface area (Å²) in [4.78, 5) is 12.4. The van der Waals surface area contributed by atoms with Gasteiger partial charge in [-0.2, -0.15) is 5.10 Å². The molecular formula is C29H29N3O4S. The highest BCUT2D eigenvalue weighted by Gasteiger charge is 2.21. The van der Waals surface area contributed by atoms with Gasteiger partial charge >= 0.3 is 0 Å². The lowest BCUT2D eigenvalue weighted by molar-refractivity contribution is -0.119. The number of hydrazone groups is 1. The molecule has 37 heavy (non-hydrogen) atoms. The third-order valence-corrected chi connectivity index (χ3v) is 6.82. The quantitative estimate of drug-likeness (QED) is 0.252. The molecule has 1 N–H and O–H groups in total. The summed E-state index contributed by atoms with van der Waals surface area (Å²) in [5, 5.41) is 6.33. The lowest BCUT2D eigenvalue weighted by Gasteiger charge is -2.22. The summed E-state index contributed by atoms with van der Waals surface area (Å²) in [6, 6.07) is 27.1. The molecule has 0 bridgehead atoms. The summed E-state index contributed by atoms with van der Waals surface area (Å²) in [6.07, 6.45) is 2.57. The van der Waals surface area contributed by atoms with Crippen molar-refractivity contribution < 1.29 is 17.9 Å². The number of benzene rings is 4. The zero-order valence-electron chi connectivity index (χ0n) is 21.0. The number of nitrogens with zero attached hydrogens (tertiary/aromatic N) is 2. The minimum Gasteiger partial charge on any atom is -0.489 e. The summed E-state index contributed by atoms with van der Waals surface area (Å²) in [6.45, 7) is 3.83. The van der Waals surface area contributed by atoms with Crippen LogP contribution in [0.15, 0.2) is 90.0 Å². The predicted octanol–water partition coefficient (Wildman–Crippen LogP) is 4.95. The molecule has 8 heteroatoms. The molecular weight excluding hydrogens is 486 g/mol. The standard InChI is InChI=1S/C29H29N3O4S/c1-21-14-22(2)16-27(15-21)32(37(3,34)35)19-29(33)31-30-18-23-9-12-28(13-10-23)36-20-24-8-11-25-6-4-5-7-26(25)17-24/h4-18H,19-20H2,1-3H3,(H,31,33)/b30-18-. The van der Waals surface area contributed by atoms with E-state index in [2.05, 4.69) is 40.9 Å². The van der Waals surface area contributed by atoms with Crippen LogP contribution in [-0.2, 0) is 21.4 Å². The molecule has 1 amide bonds. The smallest absolute Gasteiger partial charge is 0.260 e.